The first-order valence-electron chi connectivity index (χ1n) is 9.54. The molecule has 2 N–H and O–H groups in total. The van der Waals surface area contributed by atoms with Gasteiger partial charge in [-0.05, 0) is 54.4 Å². The van der Waals surface area contributed by atoms with Gasteiger partial charge in [0.05, 0.1) is 12.3 Å². The molecule has 7 heteroatoms. The highest BCUT2D eigenvalue weighted by atomic mass is 79.9. The monoisotopic (exact) mass is 481 g/mol. The molecule has 3 heterocycles. The number of rotatable bonds is 7. The van der Waals surface area contributed by atoms with Crippen molar-refractivity contribution >= 4 is 44.0 Å². The highest BCUT2D eigenvalue weighted by Crippen LogP contribution is 2.38. The average Bonchev–Trinajstić information content (AvgIpc) is 3.44. The Balaban J connectivity index is 1.74. The van der Waals surface area contributed by atoms with Gasteiger partial charge >= 0.3 is 0 Å². The lowest BCUT2D eigenvalue weighted by Crippen LogP contribution is -2.16. The van der Waals surface area contributed by atoms with Crippen LogP contribution in [0.5, 0.6) is 0 Å². The van der Waals surface area contributed by atoms with E-state index >= 15 is 0 Å². The minimum atomic E-state index is -0.266. The third-order valence-corrected chi connectivity index (χ3v) is 6.34. The van der Waals surface area contributed by atoms with E-state index in [2.05, 4.69) is 56.7 Å². The number of hydrogen-bond acceptors (Lipinski definition) is 5. The number of carbonyl (C=O) groups is 1. The molecule has 30 heavy (non-hydrogen) atoms. The van der Waals surface area contributed by atoms with Crippen molar-refractivity contribution in [2.75, 3.05) is 10.6 Å². The van der Waals surface area contributed by atoms with Crippen molar-refractivity contribution in [3.8, 4) is 0 Å². The van der Waals surface area contributed by atoms with Crippen molar-refractivity contribution in [3.63, 3.8) is 0 Å². The number of furan rings is 1. The van der Waals surface area contributed by atoms with Gasteiger partial charge in [-0.15, -0.1) is 11.3 Å². The van der Waals surface area contributed by atoms with Gasteiger partial charge in [-0.1, -0.05) is 41.1 Å². The third-order valence-electron chi connectivity index (χ3n) is 4.60. The summed E-state index contributed by atoms with van der Waals surface area (Å²) in [5.74, 6) is 0.779. The van der Waals surface area contributed by atoms with Crippen LogP contribution in [0, 0.1) is 0 Å². The summed E-state index contributed by atoms with van der Waals surface area (Å²) in [7, 11) is 0. The fourth-order valence-corrected chi connectivity index (χ4v) is 4.40. The summed E-state index contributed by atoms with van der Waals surface area (Å²) < 4.78 is 6.26. The van der Waals surface area contributed by atoms with Crippen LogP contribution in [-0.4, -0.2) is 10.9 Å². The van der Waals surface area contributed by atoms with Crippen LogP contribution in [0.25, 0.3) is 0 Å². The number of nitrogens with zero attached hydrogens (tertiary/aromatic N) is 1. The molecule has 0 unspecified atom stereocenters. The zero-order chi connectivity index (χ0) is 20.9. The zero-order valence-corrected chi connectivity index (χ0v) is 18.7. The number of carbonyl (C=O) groups excluding carboxylic acids is 1. The number of benzene rings is 1. The second-order valence-electron chi connectivity index (χ2n) is 6.63. The van der Waals surface area contributed by atoms with Gasteiger partial charge < -0.3 is 15.1 Å². The molecule has 0 saturated heterocycles. The summed E-state index contributed by atoms with van der Waals surface area (Å²) in [6, 6.07) is 19.2. The molecule has 0 aliphatic heterocycles. The van der Waals surface area contributed by atoms with Gasteiger partial charge in [0.25, 0.3) is 5.91 Å². The quantitative estimate of drug-likeness (QED) is 0.315. The van der Waals surface area contributed by atoms with Gasteiger partial charge in [-0.3, -0.25) is 4.79 Å². The normalized spacial score (nSPS) is 11.8. The maximum atomic E-state index is 12.6. The number of aryl methyl sites for hydroxylation is 1. The van der Waals surface area contributed by atoms with Gasteiger partial charge in [-0.2, -0.15) is 0 Å². The smallest absolute Gasteiger partial charge is 0.291 e. The fraction of sp³-hybridized carbons (Fsp3) is 0.130. The molecule has 0 aliphatic carbocycles. The Morgan fingerprint density at radius 1 is 1.17 bits per heavy atom. The Labute approximate surface area is 187 Å². The maximum Gasteiger partial charge on any atom is 0.291 e. The molecule has 0 radical (unpaired) electrons. The van der Waals surface area contributed by atoms with Crippen LogP contribution in [0.3, 0.4) is 0 Å². The molecule has 0 bridgehead atoms. The molecule has 4 rings (SSSR count). The van der Waals surface area contributed by atoms with Crippen LogP contribution >= 0.6 is 27.3 Å². The summed E-state index contributed by atoms with van der Waals surface area (Å²) in [6.07, 6.45) is 4.13. The van der Waals surface area contributed by atoms with Gasteiger partial charge in [0.2, 0.25) is 0 Å². The van der Waals surface area contributed by atoms with Gasteiger partial charge in [0.1, 0.15) is 10.8 Å². The number of amides is 1. The Hall–Kier alpha value is -2.90. The van der Waals surface area contributed by atoms with Crippen LogP contribution in [-0.2, 0) is 6.42 Å². The molecule has 1 atom stereocenters. The number of aromatic nitrogens is 1. The summed E-state index contributed by atoms with van der Waals surface area (Å²) >= 11 is 5.08. The van der Waals surface area contributed by atoms with E-state index < -0.39 is 0 Å². The SMILES string of the molecule is CCc1cc([C@H](Nc2ccccn2)c2ccc(Br)cc2)c(NC(=O)c2ccco2)s1. The minimum Gasteiger partial charge on any atom is -0.459 e. The number of pyridine rings is 1. The van der Waals surface area contributed by atoms with E-state index in [1.54, 1.807) is 29.7 Å². The molecule has 5 nitrogen and oxygen atoms in total. The van der Waals surface area contributed by atoms with Crippen molar-refractivity contribution < 1.29 is 9.21 Å². The minimum absolute atomic E-state index is 0.184. The predicted octanol–water partition coefficient (Wildman–Crippen LogP) is 6.51. The molecule has 0 spiro atoms. The van der Waals surface area contributed by atoms with Crippen LogP contribution in [0.4, 0.5) is 10.8 Å². The van der Waals surface area contributed by atoms with Crippen LogP contribution < -0.4 is 10.6 Å². The molecule has 152 valence electrons. The summed E-state index contributed by atoms with van der Waals surface area (Å²) in [5.41, 5.74) is 2.06. The Kier molecular flexibility index (Phi) is 6.30. The molecule has 0 aliphatic rings. The lowest BCUT2D eigenvalue weighted by Gasteiger charge is -2.21. The average molecular weight is 482 g/mol. The molecule has 1 aromatic carbocycles. The highest BCUT2D eigenvalue weighted by molar-refractivity contribution is 9.10. The van der Waals surface area contributed by atoms with Crippen molar-refractivity contribution in [1.82, 2.24) is 4.98 Å². The van der Waals surface area contributed by atoms with E-state index in [1.807, 2.05) is 30.3 Å². The summed E-state index contributed by atoms with van der Waals surface area (Å²) in [4.78, 5) is 18.3. The van der Waals surface area contributed by atoms with E-state index in [0.717, 1.165) is 32.8 Å². The first-order chi connectivity index (χ1) is 14.6. The molecular formula is C23H20BrN3O2S. The number of anilines is 2. The topological polar surface area (TPSA) is 67.2 Å². The van der Waals surface area contributed by atoms with Crippen molar-refractivity contribution in [2.24, 2.45) is 0 Å². The largest absolute Gasteiger partial charge is 0.459 e. The lowest BCUT2D eigenvalue weighted by molar-refractivity contribution is 0.0997. The molecule has 4 aromatic rings. The Morgan fingerprint density at radius 3 is 2.67 bits per heavy atom. The zero-order valence-electron chi connectivity index (χ0n) is 16.3. The number of hydrogen-bond donors (Lipinski definition) is 2. The highest BCUT2D eigenvalue weighted by Gasteiger charge is 2.23. The molecule has 1 amide bonds. The molecule has 3 aromatic heterocycles. The van der Waals surface area contributed by atoms with Crippen LogP contribution in [0.15, 0.2) is 82.0 Å². The second kappa shape index (κ2) is 9.28. The van der Waals surface area contributed by atoms with E-state index in [-0.39, 0.29) is 17.7 Å². The molecular weight excluding hydrogens is 462 g/mol. The first kappa shape index (κ1) is 20.4. The summed E-state index contributed by atoms with van der Waals surface area (Å²) in [5, 5.41) is 7.35. The van der Waals surface area contributed by atoms with Crippen LogP contribution in [0.2, 0.25) is 0 Å². The van der Waals surface area contributed by atoms with Gasteiger partial charge in [-0.25, -0.2) is 4.98 Å². The first-order valence-corrected chi connectivity index (χ1v) is 11.2. The third kappa shape index (κ3) is 4.63. The van der Waals surface area contributed by atoms with Crippen molar-refractivity contribution in [2.45, 2.75) is 19.4 Å². The standard InChI is InChI=1S/C23H20BrN3O2S/c1-2-17-14-18(23(30-17)27-22(28)19-6-5-13-29-19)21(15-8-10-16(24)11-9-15)26-20-7-3-4-12-25-20/h3-14,21H,2H2,1H3,(H,25,26)(H,27,28)/t21-/m1/s1. The number of nitrogens with one attached hydrogen (secondary N) is 2. The fourth-order valence-electron chi connectivity index (χ4n) is 3.11. The van der Waals surface area contributed by atoms with E-state index in [4.69, 9.17) is 4.42 Å². The molecule has 0 fully saturated rings. The Morgan fingerprint density at radius 2 is 2.00 bits per heavy atom. The second-order valence-corrected chi connectivity index (χ2v) is 8.68. The number of halogens is 1. The summed E-state index contributed by atoms with van der Waals surface area (Å²) in [6.45, 7) is 2.11. The number of thiophene rings is 1. The lowest BCUT2D eigenvalue weighted by atomic mass is 9.99. The van der Waals surface area contributed by atoms with E-state index in [0.29, 0.717) is 0 Å². The van der Waals surface area contributed by atoms with Gasteiger partial charge in [0.15, 0.2) is 5.76 Å². The van der Waals surface area contributed by atoms with Crippen molar-refractivity contribution in [1.29, 1.82) is 0 Å². The van der Waals surface area contributed by atoms with Crippen LogP contribution in [0.1, 0.15) is 39.5 Å². The van der Waals surface area contributed by atoms with Gasteiger partial charge in [0, 0.05) is 21.1 Å². The van der Waals surface area contributed by atoms with E-state index in [9.17, 15) is 4.79 Å². The Bertz CT molecular complexity index is 1110. The van der Waals surface area contributed by atoms with E-state index in [1.165, 1.54) is 11.1 Å². The predicted molar refractivity (Wildman–Crippen MR) is 124 cm³/mol. The molecule has 0 saturated carbocycles. The van der Waals surface area contributed by atoms with Crippen molar-refractivity contribution in [3.05, 3.63) is 99.4 Å². The maximum absolute atomic E-state index is 12.6.